The number of aromatic amines is 1. The van der Waals surface area contributed by atoms with E-state index < -0.39 is 0 Å². The fourth-order valence-electron chi connectivity index (χ4n) is 4.92. The molecular weight excluding hydrogens is 359 g/mol. The summed E-state index contributed by atoms with van der Waals surface area (Å²) in [6.07, 6.45) is 5.19. The molecule has 2 bridgehead atoms. The molecular formula is C21H21FN4O2. The number of aryl methyl sites for hydroxylation is 1. The third-order valence-corrected chi connectivity index (χ3v) is 6.17. The number of carbonyl (C=O) groups is 1. The number of H-pyrrole nitrogens is 1. The van der Waals surface area contributed by atoms with E-state index >= 15 is 0 Å². The Hall–Kier alpha value is -2.96. The lowest BCUT2D eigenvalue weighted by Crippen LogP contribution is -2.46. The number of nitrogens with zero attached hydrogens (tertiary/aromatic N) is 3. The van der Waals surface area contributed by atoms with Crippen LogP contribution in [0.15, 0.2) is 41.3 Å². The molecule has 6 nitrogen and oxygen atoms in total. The number of piperidine rings is 1. The Labute approximate surface area is 161 Å². The first-order valence-corrected chi connectivity index (χ1v) is 9.67. The molecule has 2 aromatic heterocycles. The normalized spacial score (nSPS) is 24.1. The van der Waals surface area contributed by atoms with Crippen LogP contribution in [0.3, 0.4) is 0 Å². The van der Waals surface area contributed by atoms with E-state index in [1.807, 2.05) is 17.0 Å². The van der Waals surface area contributed by atoms with Crippen molar-refractivity contribution in [2.45, 2.75) is 50.6 Å². The van der Waals surface area contributed by atoms with E-state index in [1.165, 1.54) is 28.9 Å². The highest BCUT2D eigenvalue weighted by molar-refractivity contribution is 6.00. The first kappa shape index (κ1) is 17.2. The number of halogens is 1. The Morgan fingerprint density at radius 3 is 2.54 bits per heavy atom. The summed E-state index contributed by atoms with van der Waals surface area (Å²) in [7, 11) is 0. The predicted molar refractivity (Wildman–Crippen MR) is 102 cm³/mol. The predicted octanol–water partition coefficient (Wildman–Crippen LogP) is 3.02. The Kier molecular flexibility index (Phi) is 3.86. The molecule has 28 heavy (non-hydrogen) atoms. The summed E-state index contributed by atoms with van der Waals surface area (Å²) in [4.78, 5) is 30.5. The second-order valence-corrected chi connectivity index (χ2v) is 7.93. The first-order valence-electron chi connectivity index (χ1n) is 9.67. The molecule has 0 aliphatic carbocycles. The van der Waals surface area contributed by atoms with Crippen LogP contribution in [0.4, 0.5) is 4.39 Å². The van der Waals surface area contributed by atoms with Crippen molar-refractivity contribution in [2.75, 3.05) is 0 Å². The topological polar surface area (TPSA) is 70.5 Å². The first-order chi connectivity index (χ1) is 13.5. The third-order valence-electron chi connectivity index (χ3n) is 6.17. The van der Waals surface area contributed by atoms with E-state index in [9.17, 15) is 14.0 Å². The van der Waals surface area contributed by atoms with Gasteiger partial charge in [0, 0.05) is 23.8 Å². The number of amides is 1. The van der Waals surface area contributed by atoms with Gasteiger partial charge >= 0.3 is 0 Å². The van der Waals surface area contributed by atoms with Crippen LogP contribution in [0.5, 0.6) is 0 Å². The number of hydrogen-bond donors (Lipinski definition) is 1. The van der Waals surface area contributed by atoms with Crippen molar-refractivity contribution >= 4 is 11.6 Å². The van der Waals surface area contributed by atoms with Crippen LogP contribution >= 0.6 is 0 Å². The Morgan fingerprint density at radius 1 is 1.18 bits per heavy atom. The standard InChI is InChI=1S/C21H21FN4O2/c1-12-8-19(27)26-20(24-12)18(11-23-26)21(28)25-16-6-7-17(25)10-14(9-16)13-2-4-15(22)5-3-13/h2-5,8,11,14,16-17,24H,6-7,9-10H2,1H3. The molecule has 1 amide bonds. The molecule has 3 aromatic rings. The maximum Gasteiger partial charge on any atom is 0.274 e. The van der Waals surface area contributed by atoms with Crippen molar-refractivity contribution < 1.29 is 9.18 Å². The summed E-state index contributed by atoms with van der Waals surface area (Å²) >= 11 is 0. The minimum absolute atomic E-state index is 0.0682. The van der Waals surface area contributed by atoms with Crippen LogP contribution in [0.25, 0.3) is 5.65 Å². The monoisotopic (exact) mass is 380 g/mol. The lowest BCUT2D eigenvalue weighted by molar-refractivity contribution is 0.0573. The van der Waals surface area contributed by atoms with E-state index in [1.54, 1.807) is 6.92 Å². The van der Waals surface area contributed by atoms with Crippen LogP contribution in [-0.4, -0.2) is 37.5 Å². The van der Waals surface area contributed by atoms with Crippen molar-refractivity contribution in [3.8, 4) is 0 Å². The molecule has 1 aromatic carbocycles. The fraction of sp³-hybridized carbons (Fsp3) is 0.381. The molecule has 2 aliphatic heterocycles. The maximum atomic E-state index is 13.3. The van der Waals surface area contributed by atoms with Crippen molar-refractivity contribution in [1.29, 1.82) is 0 Å². The van der Waals surface area contributed by atoms with E-state index in [0.717, 1.165) is 31.2 Å². The molecule has 2 saturated heterocycles. The van der Waals surface area contributed by atoms with Crippen LogP contribution in [0, 0.1) is 12.7 Å². The average molecular weight is 380 g/mol. The van der Waals surface area contributed by atoms with Gasteiger partial charge < -0.3 is 9.88 Å². The van der Waals surface area contributed by atoms with E-state index in [0.29, 0.717) is 22.8 Å². The number of rotatable bonds is 2. The van der Waals surface area contributed by atoms with Crippen molar-refractivity contribution in [1.82, 2.24) is 19.5 Å². The molecule has 0 spiro atoms. The lowest BCUT2D eigenvalue weighted by Gasteiger charge is -2.39. The van der Waals surface area contributed by atoms with Crippen LogP contribution in [0.1, 0.15) is 53.2 Å². The molecule has 4 heterocycles. The zero-order valence-corrected chi connectivity index (χ0v) is 15.6. The largest absolute Gasteiger partial charge is 0.343 e. The van der Waals surface area contributed by atoms with Crippen molar-refractivity contribution in [3.63, 3.8) is 0 Å². The van der Waals surface area contributed by atoms with Crippen LogP contribution < -0.4 is 5.56 Å². The Morgan fingerprint density at radius 2 is 1.86 bits per heavy atom. The molecule has 7 heteroatoms. The van der Waals surface area contributed by atoms with Gasteiger partial charge in [-0.3, -0.25) is 9.59 Å². The van der Waals surface area contributed by atoms with Gasteiger partial charge in [-0.1, -0.05) is 12.1 Å². The zero-order chi connectivity index (χ0) is 19.4. The van der Waals surface area contributed by atoms with Gasteiger partial charge in [-0.15, -0.1) is 0 Å². The van der Waals surface area contributed by atoms with Gasteiger partial charge in [0.25, 0.3) is 11.5 Å². The maximum absolute atomic E-state index is 13.3. The highest BCUT2D eigenvalue weighted by Crippen LogP contribution is 2.43. The SMILES string of the molecule is Cc1cc(=O)n2ncc(C(=O)N3C4CCC3CC(c3ccc(F)cc3)C4)c2[nH]1. The summed E-state index contributed by atoms with van der Waals surface area (Å²) in [5, 5.41) is 4.11. The summed E-state index contributed by atoms with van der Waals surface area (Å²) in [5.74, 6) is 0.0473. The second-order valence-electron chi connectivity index (χ2n) is 7.93. The molecule has 2 atom stereocenters. The molecule has 5 rings (SSSR count). The molecule has 2 fully saturated rings. The molecule has 1 N–H and O–H groups in total. The Bertz CT molecular complexity index is 1100. The number of nitrogens with one attached hydrogen (secondary N) is 1. The number of carbonyl (C=O) groups excluding carboxylic acids is 1. The van der Waals surface area contributed by atoms with Gasteiger partial charge in [0.1, 0.15) is 17.0 Å². The highest BCUT2D eigenvalue weighted by atomic mass is 19.1. The van der Waals surface area contributed by atoms with Crippen LogP contribution in [0.2, 0.25) is 0 Å². The van der Waals surface area contributed by atoms with Gasteiger partial charge in [-0.25, -0.2) is 4.39 Å². The summed E-state index contributed by atoms with van der Waals surface area (Å²) in [6.45, 7) is 1.79. The second kappa shape index (κ2) is 6.29. The van der Waals surface area contributed by atoms with E-state index in [2.05, 4.69) is 10.1 Å². The van der Waals surface area contributed by atoms with Gasteiger partial charge in [0.2, 0.25) is 0 Å². The fourth-order valence-corrected chi connectivity index (χ4v) is 4.92. The zero-order valence-electron chi connectivity index (χ0n) is 15.6. The average Bonchev–Trinajstić information content (AvgIpc) is 3.20. The smallest absolute Gasteiger partial charge is 0.274 e. The van der Waals surface area contributed by atoms with Gasteiger partial charge in [-0.2, -0.15) is 9.61 Å². The number of benzene rings is 1. The van der Waals surface area contributed by atoms with Crippen LogP contribution in [-0.2, 0) is 0 Å². The number of aromatic nitrogens is 3. The Balaban J connectivity index is 1.45. The van der Waals surface area contributed by atoms with Gasteiger partial charge in [-0.05, 0) is 56.2 Å². The molecule has 0 radical (unpaired) electrons. The van der Waals surface area contributed by atoms with Crippen molar-refractivity contribution in [3.05, 3.63) is 69.5 Å². The van der Waals surface area contributed by atoms with Crippen molar-refractivity contribution in [2.24, 2.45) is 0 Å². The highest BCUT2D eigenvalue weighted by Gasteiger charge is 2.44. The van der Waals surface area contributed by atoms with Gasteiger partial charge in [0.15, 0.2) is 0 Å². The summed E-state index contributed by atoms with van der Waals surface area (Å²) < 4.78 is 14.5. The minimum Gasteiger partial charge on any atom is -0.343 e. The van der Waals surface area contributed by atoms with E-state index in [-0.39, 0.29) is 29.4 Å². The number of fused-ring (bicyclic) bond motifs is 3. The quantitative estimate of drug-likeness (QED) is 0.743. The summed E-state index contributed by atoms with van der Waals surface area (Å²) in [5.41, 5.74) is 2.49. The minimum atomic E-state index is -0.247. The van der Waals surface area contributed by atoms with Gasteiger partial charge in [0.05, 0.1) is 6.20 Å². The lowest BCUT2D eigenvalue weighted by atomic mass is 9.85. The third kappa shape index (κ3) is 2.65. The van der Waals surface area contributed by atoms with E-state index in [4.69, 9.17) is 0 Å². The molecule has 2 aliphatic rings. The molecule has 144 valence electrons. The number of hydrogen-bond acceptors (Lipinski definition) is 3. The summed E-state index contributed by atoms with van der Waals surface area (Å²) in [6, 6.07) is 8.51. The molecule has 0 saturated carbocycles. The molecule has 2 unspecified atom stereocenters.